The van der Waals surface area contributed by atoms with Gasteiger partial charge >= 0.3 is 0 Å². The molecule has 0 radical (unpaired) electrons. The summed E-state index contributed by atoms with van der Waals surface area (Å²) in [7, 11) is 0. The second-order valence-electron chi connectivity index (χ2n) is 9.04. The van der Waals surface area contributed by atoms with E-state index in [9.17, 15) is 9.59 Å². The Labute approximate surface area is 199 Å². The molecule has 1 aliphatic heterocycles. The summed E-state index contributed by atoms with van der Waals surface area (Å²) in [5.41, 5.74) is 3.62. The van der Waals surface area contributed by atoms with Crippen LogP contribution in [0, 0.1) is 0 Å². The molecule has 9 heteroatoms. The number of rotatable bonds is 9. The molecule has 0 unspecified atom stereocenters. The van der Waals surface area contributed by atoms with E-state index in [0.29, 0.717) is 24.2 Å². The molecule has 1 amide bonds. The number of aldehydes is 1. The van der Waals surface area contributed by atoms with Crippen molar-refractivity contribution in [2.24, 2.45) is 0 Å². The van der Waals surface area contributed by atoms with Crippen molar-refractivity contribution in [2.75, 3.05) is 49.5 Å². The molecule has 1 saturated carbocycles. The summed E-state index contributed by atoms with van der Waals surface area (Å²) in [4.78, 5) is 36.1. The molecular weight excluding hydrogens is 430 g/mol. The Morgan fingerprint density at radius 3 is 2.50 bits per heavy atom. The first-order valence-electron chi connectivity index (χ1n) is 12.1. The number of carbonyl (C=O) groups excluding carboxylic acids is 2. The SMILES string of the molecule is O=CNCCN1CCN(c2ccc(Nc3ncc4cc(C=O)n(C5CCCC5)c4n3)cc2)CC1. The fraction of sp³-hybridized carbons (Fsp3) is 0.440. The number of hydrogen-bond donors (Lipinski definition) is 2. The minimum atomic E-state index is 0.335. The van der Waals surface area contributed by atoms with Crippen LogP contribution in [0.4, 0.5) is 17.3 Å². The molecule has 34 heavy (non-hydrogen) atoms. The van der Waals surface area contributed by atoms with Crippen LogP contribution in [0.1, 0.15) is 42.2 Å². The molecule has 1 aliphatic carbocycles. The van der Waals surface area contributed by atoms with Crippen molar-refractivity contribution >= 4 is 41.1 Å². The van der Waals surface area contributed by atoms with E-state index in [1.54, 1.807) is 6.20 Å². The molecule has 0 bridgehead atoms. The Morgan fingerprint density at radius 2 is 1.79 bits per heavy atom. The summed E-state index contributed by atoms with van der Waals surface area (Å²) in [5, 5.41) is 6.95. The number of nitrogens with zero attached hydrogens (tertiary/aromatic N) is 5. The fourth-order valence-corrected chi connectivity index (χ4v) is 5.12. The summed E-state index contributed by atoms with van der Waals surface area (Å²) in [5.74, 6) is 0.535. The normalized spacial score (nSPS) is 17.2. The average molecular weight is 462 g/mol. The van der Waals surface area contributed by atoms with E-state index < -0.39 is 0 Å². The van der Waals surface area contributed by atoms with Gasteiger partial charge in [0, 0.05) is 68.3 Å². The van der Waals surface area contributed by atoms with Crippen LogP contribution < -0.4 is 15.5 Å². The first-order valence-corrected chi connectivity index (χ1v) is 12.1. The minimum absolute atomic E-state index is 0.335. The second-order valence-corrected chi connectivity index (χ2v) is 9.04. The molecule has 2 aliphatic rings. The maximum absolute atomic E-state index is 11.7. The third-order valence-corrected chi connectivity index (χ3v) is 6.93. The van der Waals surface area contributed by atoms with Crippen LogP contribution in [0.3, 0.4) is 0 Å². The molecule has 1 aromatic carbocycles. The van der Waals surface area contributed by atoms with Gasteiger partial charge in [0.05, 0.1) is 5.69 Å². The molecule has 2 fully saturated rings. The van der Waals surface area contributed by atoms with Crippen molar-refractivity contribution in [2.45, 2.75) is 31.7 Å². The summed E-state index contributed by atoms with van der Waals surface area (Å²) >= 11 is 0. The van der Waals surface area contributed by atoms with E-state index in [4.69, 9.17) is 4.98 Å². The zero-order chi connectivity index (χ0) is 23.3. The Bertz CT molecular complexity index is 1130. The van der Waals surface area contributed by atoms with Crippen molar-refractivity contribution in [3.63, 3.8) is 0 Å². The van der Waals surface area contributed by atoms with Gasteiger partial charge in [-0.1, -0.05) is 12.8 Å². The highest BCUT2D eigenvalue weighted by molar-refractivity contribution is 5.87. The quantitative estimate of drug-likeness (QED) is 0.374. The van der Waals surface area contributed by atoms with Crippen LogP contribution in [0.15, 0.2) is 36.5 Å². The fourth-order valence-electron chi connectivity index (χ4n) is 5.12. The highest BCUT2D eigenvalue weighted by Gasteiger charge is 2.23. The number of aromatic nitrogens is 3. The molecule has 2 N–H and O–H groups in total. The summed E-state index contributed by atoms with van der Waals surface area (Å²) in [6.07, 6.45) is 8.03. The van der Waals surface area contributed by atoms with Gasteiger partial charge in [0.2, 0.25) is 12.4 Å². The lowest BCUT2D eigenvalue weighted by Gasteiger charge is -2.36. The number of carbonyl (C=O) groups is 2. The zero-order valence-corrected chi connectivity index (χ0v) is 19.3. The Kier molecular flexibility index (Phi) is 6.71. The predicted molar refractivity (Wildman–Crippen MR) is 133 cm³/mol. The van der Waals surface area contributed by atoms with Crippen LogP contribution in [0.25, 0.3) is 11.0 Å². The summed E-state index contributed by atoms with van der Waals surface area (Å²) in [6, 6.07) is 10.6. The lowest BCUT2D eigenvalue weighted by molar-refractivity contribution is -0.109. The first-order chi connectivity index (χ1) is 16.7. The van der Waals surface area contributed by atoms with Crippen molar-refractivity contribution in [3.8, 4) is 0 Å². The van der Waals surface area contributed by atoms with Crippen molar-refractivity contribution in [1.82, 2.24) is 24.8 Å². The third kappa shape index (κ3) is 4.75. The maximum atomic E-state index is 11.7. The largest absolute Gasteiger partial charge is 0.369 e. The number of anilines is 3. The van der Waals surface area contributed by atoms with Crippen molar-refractivity contribution in [3.05, 3.63) is 42.2 Å². The first kappa shape index (κ1) is 22.3. The number of piperazine rings is 1. The van der Waals surface area contributed by atoms with E-state index in [-0.39, 0.29) is 0 Å². The standard InChI is InChI=1S/C25H31N7O2/c33-17-23-15-19-16-27-25(29-24(19)32(23)22-3-1-2-4-22)28-20-5-7-21(8-6-20)31-13-11-30(12-14-31)10-9-26-18-34/h5-8,15-18,22H,1-4,9-14H2,(H,26,34)(H,27,28,29). The number of amides is 1. The van der Waals surface area contributed by atoms with Gasteiger partial charge in [-0.15, -0.1) is 0 Å². The van der Waals surface area contributed by atoms with Gasteiger partial charge in [-0.25, -0.2) is 4.98 Å². The molecule has 3 aromatic rings. The van der Waals surface area contributed by atoms with E-state index in [0.717, 1.165) is 75.0 Å². The number of benzene rings is 1. The van der Waals surface area contributed by atoms with Gasteiger partial charge in [0.1, 0.15) is 5.65 Å². The summed E-state index contributed by atoms with van der Waals surface area (Å²) < 4.78 is 2.10. The van der Waals surface area contributed by atoms with Gasteiger partial charge in [-0.05, 0) is 43.2 Å². The highest BCUT2D eigenvalue weighted by Crippen LogP contribution is 2.34. The van der Waals surface area contributed by atoms with E-state index in [1.165, 1.54) is 18.5 Å². The van der Waals surface area contributed by atoms with Gasteiger partial charge in [-0.3, -0.25) is 14.5 Å². The molecule has 9 nitrogen and oxygen atoms in total. The molecule has 2 aromatic heterocycles. The molecule has 1 saturated heterocycles. The van der Waals surface area contributed by atoms with Crippen LogP contribution in [0.2, 0.25) is 0 Å². The van der Waals surface area contributed by atoms with Crippen LogP contribution in [0.5, 0.6) is 0 Å². The Balaban J connectivity index is 1.25. The van der Waals surface area contributed by atoms with E-state index in [2.05, 4.69) is 54.2 Å². The molecule has 0 atom stereocenters. The molecule has 0 spiro atoms. The van der Waals surface area contributed by atoms with E-state index in [1.807, 2.05) is 6.07 Å². The third-order valence-electron chi connectivity index (χ3n) is 6.93. The monoisotopic (exact) mass is 461 g/mol. The average Bonchev–Trinajstić information content (AvgIpc) is 3.52. The summed E-state index contributed by atoms with van der Waals surface area (Å²) in [6.45, 7) is 5.48. The topological polar surface area (TPSA) is 95.4 Å². The smallest absolute Gasteiger partial charge is 0.229 e. The van der Waals surface area contributed by atoms with Gasteiger partial charge < -0.3 is 20.1 Å². The van der Waals surface area contributed by atoms with Crippen molar-refractivity contribution in [1.29, 1.82) is 0 Å². The molecule has 3 heterocycles. The molecule has 5 rings (SSSR count). The van der Waals surface area contributed by atoms with Gasteiger partial charge in [0.25, 0.3) is 0 Å². The predicted octanol–water partition coefficient (Wildman–Crippen LogP) is 2.97. The van der Waals surface area contributed by atoms with Crippen LogP contribution >= 0.6 is 0 Å². The number of hydrogen-bond acceptors (Lipinski definition) is 7. The van der Waals surface area contributed by atoms with Gasteiger partial charge in [-0.2, -0.15) is 4.98 Å². The Hall–Kier alpha value is -3.46. The maximum Gasteiger partial charge on any atom is 0.229 e. The van der Waals surface area contributed by atoms with Crippen molar-refractivity contribution < 1.29 is 9.59 Å². The van der Waals surface area contributed by atoms with Crippen LogP contribution in [-0.4, -0.2) is 71.4 Å². The van der Waals surface area contributed by atoms with Crippen LogP contribution in [-0.2, 0) is 4.79 Å². The number of nitrogens with one attached hydrogen (secondary N) is 2. The van der Waals surface area contributed by atoms with E-state index >= 15 is 0 Å². The van der Waals surface area contributed by atoms with Gasteiger partial charge in [0.15, 0.2) is 6.29 Å². The number of fused-ring (bicyclic) bond motifs is 1. The Morgan fingerprint density at radius 1 is 1.03 bits per heavy atom. The minimum Gasteiger partial charge on any atom is -0.369 e. The second kappa shape index (κ2) is 10.2. The zero-order valence-electron chi connectivity index (χ0n) is 19.3. The lowest BCUT2D eigenvalue weighted by atomic mass is 10.2. The lowest BCUT2D eigenvalue weighted by Crippen LogP contribution is -2.48. The molecule has 178 valence electrons. The molecular formula is C25H31N7O2. The highest BCUT2D eigenvalue weighted by atomic mass is 16.1.